The molecule has 2 aromatic carbocycles. The number of amides is 1. The highest BCUT2D eigenvalue weighted by molar-refractivity contribution is 5.95. The molecule has 2 fully saturated rings. The van der Waals surface area contributed by atoms with Crippen LogP contribution in [0.15, 0.2) is 42.5 Å². The van der Waals surface area contributed by atoms with Gasteiger partial charge in [0.1, 0.15) is 5.69 Å². The molecule has 1 saturated carbocycles. The molecule has 7 nitrogen and oxygen atoms in total. The molecule has 146 valence electrons. The predicted octanol–water partition coefficient (Wildman–Crippen LogP) is 3.44. The lowest BCUT2D eigenvalue weighted by atomic mass is 10.1. The van der Waals surface area contributed by atoms with Crippen LogP contribution in [0, 0.1) is 17.0 Å². The first-order valence-electron chi connectivity index (χ1n) is 9.68. The molecule has 2 aromatic rings. The summed E-state index contributed by atoms with van der Waals surface area (Å²) in [5.74, 6) is 0.0672. The molecule has 1 amide bonds. The molecular weight excluding hydrogens is 356 g/mol. The second-order valence-corrected chi connectivity index (χ2v) is 7.47. The molecular formula is C21H24N4O3. The number of anilines is 2. The van der Waals surface area contributed by atoms with Crippen LogP contribution in [0.4, 0.5) is 17.1 Å². The Balaban J connectivity index is 1.45. The van der Waals surface area contributed by atoms with E-state index in [-0.39, 0.29) is 16.5 Å². The van der Waals surface area contributed by atoms with E-state index >= 15 is 0 Å². The van der Waals surface area contributed by atoms with Gasteiger partial charge in [-0.1, -0.05) is 18.2 Å². The number of nitrogens with zero attached hydrogens (tertiary/aromatic N) is 3. The Bertz CT molecular complexity index is 902. The monoisotopic (exact) mass is 380 g/mol. The summed E-state index contributed by atoms with van der Waals surface area (Å²) in [4.78, 5) is 27.8. The van der Waals surface area contributed by atoms with Crippen molar-refractivity contribution in [1.82, 2.24) is 4.90 Å². The van der Waals surface area contributed by atoms with Crippen LogP contribution in [0.1, 0.15) is 28.8 Å². The standard InChI is InChI=1S/C21H24N4O3/c1-15-4-2-3-5-18(15)21(26)24-12-10-23(11-13-24)17-8-9-20(25(27)28)19(14-17)22-16-6-7-16/h2-5,8-9,14,16,22H,6-7,10-13H2,1H3. The quantitative estimate of drug-likeness (QED) is 0.635. The van der Waals surface area contributed by atoms with Crippen molar-refractivity contribution in [3.05, 3.63) is 63.7 Å². The van der Waals surface area contributed by atoms with E-state index in [1.807, 2.05) is 42.2 Å². The molecule has 2 aliphatic rings. The highest BCUT2D eigenvalue weighted by Gasteiger charge is 2.27. The minimum Gasteiger partial charge on any atom is -0.377 e. The van der Waals surface area contributed by atoms with Gasteiger partial charge < -0.3 is 15.1 Å². The smallest absolute Gasteiger partial charge is 0.292 e. The number of nitro benzene ring substituents is 1. The van der Waals surface area contributed by atoms with Gasteiger partial charge in [-0.05, 0) is 43.5 Å². The van der Waals surface area contributed by atoms with Crippen molar-refractivity contribution in [1.29, 1.82) is 0 Å². The largest absolute Gasteiger partial charge is 0.377 e. The van der Waals surface area contributed by atoms with E-state index in [2.05, 4.69) is 10.2 Å². The van der Waals surface area contributed by atoms with Crippen LogP contribution in [0.5, 0.6) is 0 Å². The average molecular weight is 380 g/mol. The van der Waals surface area contributed by atoms with Crippen LogP contribution in [-0.2, 0) is 0 Å². The van der Waals surface area contributed by atoms with Crippen molar-refractivity contribution in [2.45, 2.75) is 25.8 Å². The van der Waals surface area contributed by atoms with Crippen molar-refractivity contribution in [2.24, 2.45) is 0 Å². The highest BCUT2D eigenvalue weighted by Crippen LogP contribution is 2.34. The SMILES string of the molecule is Cc1ccccc1C(=O)N1CCN(c2ccc([N+](=O)[O-])c(NC3CC3)c2)CC1. The highest BCUT2D eigenvalue weighted by atomic mass is 16.6. The molecule has 0 spiro atoms. The first-order chi connectivity index (χ1) is 13.5. The maximum absolute atomic E-state index is 12.8. The zero-order valence-corrected chi connectivity index (χ0v) is 15.9. The Kier molecular flexibility index (Phi) is 4.90. The third kappa shape index (κ3) is 3.78. The summed E-state index contributed by atoms with van der Waals surface area (Å²) in [5.41, 5.74) is 3.40. The summed E-state index contributed by atoms with van der Waals surface area (Å²) >= 11 is 0. The normalized spacial score (nSPS) is 16.8. The molecule has 1 saturated heterocycles. The summed E-state index contributed by atoms with van der Waals surface area (Å²) in [6, 6.07) is 13.2. The predicted molar refractivity (Wildman–Crippen MR) is 109 cm³/mol. The fourth-order valence-electron chi connectivity index (χ4n) is 3.59. The number of nitro groups is 1. The molecule has 28 heavy (non-hydrogen) atoms. The fourth-order valence-corrected chi connectivity index (χ4v) is 3.59. The number of nitrogens with one attached hydrogen (secondary N) is 1. The number of hydrogen-bond donors (Lipinski definition) is 1. The number of aryl methyl sites for hydroxylation is 1. The summed E-state index contributed by atoms with van der Waals surface area (Å²) in [6.45, 7) is 4.64. The molecule has 4 rings (SSSR count). The zero-order valence-electron chi connectivity index (χ0n) is 15.9. The van der Waals surface area contributed by atoms with Gasteiger partial charge in [0.2, 0.25) is 0 Å². The molecule has 0 aromatic heterocycles. The Morgan fingerprint density at radius 1 is 1.11 bits per heavy atom. The molecule has 0 radical (unpaired) electrons. The molecule has 1 N–H and O–H groups in total. The van der Waals surface area contributed by atoms with Gasteiger partial charge in [-0.2, -0.15) is 0 Å². The van der Waals surface area contributed by atoms with E-state index in [0.717, 1.165) is 29.7 Å². The van der Waals surface area contributed by atoms with Gasteiger partial charge >= 0.3 is 0 Å². The Morgan fingerprint density at radius 3 is 2.46 bits per heavy atom. The van der Waals surface area contributed by atoms with Gasteiger partial charge in [0, 0.05) is 49.5 Å². The number of piperazine rings is 1. The lowest BCUT2D eigenvalue weighted by Crippen LogP contribution is -2.49. The topological polar surface area (TPSA) is 78.7 Å². The number of carbonyl (C=O) groups is 1. The van der Waals surface area contributed by atoms with Gasteiger partial charge in [-0.25, -0.2) is 0 Å². The number of benzene rings is 2. The molecule has 7 heteroatoms. The minimum atomic E-state index is -0.340. The summed E-state index contributed by atoms with van der Waals surface area (Å²) in [7, 11) is 0. The lowest BCUT2D eigenvalue weighted by molar-refractivity contribution is -0.384. The van der Waals surface area contributed by atoms with Crippen LogP contribution in [0.2, 0.25) is 0 Å². The number of carbonyl (C=O) groups excluding carboxylic acids is 1. The lowest BCUT2D eigenvalue weighted by Gasteiger charge is -2.36. The molecule has 0 unspecified atom stereocenters. The van der Waals surface area contributed by atoms with E-state index in [1.54, 1.807) is 12.1 Å². The van der Waals surface area contributed by atoms with Crippen molar-refractivity contribution >= 4 is 23.0 Å². The maximum Gasteiger partial charge on any atom is 0.292 e. The Hall–Kier alpha value is -3.09. The minimum absolute atomic E-state index is 0.0672. The first kappa shape index (κ1) is 18.3. The van der Waals surface area contributed by atoms with Gasteiger partial charge in [-0.3, -0.25) is 14.9 Å². The van der Waals surface area contributed by atoms with Crippen molar-refractivity contribution in [2.75, 3.05) is 36.4 Å². The first-order valence-corrected chi connectivity index (χ1v) is 9.68. The molecule has 1 aliphatic heterocycles. The van der Waals surface area contributed by atoms with Crippen LogP contribution in [0.3, 0.4) is 0 Å². The van der Waals surface area contributed by atoms with Crippen molar-refractivity contribution in [3.8, 4) is 0 Å². The van der Waals surface area contributed by atoms with E-state index in [4.69, 9.17) is 0 Å². The molecule has 1 aliphatic carbocycles. The third-order valence-corrected chi connectivity index (χ3v) is 5.42. The fraction of sp³-hybridized carbons (Fsp3) is 0.381. The van der Waals surface area contributed by atoms with Crippen LogP contribution < -0.4 is 10.2 Å². The summed E-state index contributed by atoms with van der Waals surface area (Å²) < 4.78 is 0. The number of hydrogen-bond acceptors (Lipinski definition) is 5. The number of rotatable bonds is 5. The zero-order chi connectivity index (χ0) is 19.7. The van der Waals surface area contributed by atoms with Crippen molar-refractivity contribution in [3.63, 3.8) is 0 Å². The Morgan fingerprint density at radius 2 is 1.82 bits per heavy atom. The summed E-state index contributed by atoms with van der Waals surface area (Å²) in [6.07, 6.45) is 2.11. The van der Waals surface area contributed by atoms with Crippen LogP contribution in [0.25, 0.3) is 0 Å². The Labute approximate surface area is 164 Å². The maximum atomic E-state index is 12.8. The van der Waals surface area contributed by atoms with Gasteiger partial charge in [0.25, 0.3) is 11.6 Å². The molecule has 0 atom stereocenters. The third-order valence-electron chi connectivity index (χ3n) is 5.42. The second kappa shape index (κ2) is 7.50. The van der Waals surface area contributed by atoms with E-state index in [1.165, 1.54) is 0 Å². The van der Waals surface area contributed by atoms with E-state index < -0.39 is 0 Å². The van der Waals surface area contributed by atoms with E-state index in [9.17, 15) is 14.9 Å². The van der Waals surface area contributed by atoms with Gasteiger partial charge in [0.05, 0.1) is 4.92 Å². The van der Waals surface area contributed by atoms with E-state index in [0.29, 0.717) is 37.9 Å². The van der Waals surface area contributed by atoms with Crippen LogP contribution in [-0.4, -0.2) is 48.0 Å². The average Bonchev–Trinajstić information content (AvgIpc) is 3.52. The summed E-state index contributed by atoms with van der Waals surface area (Å²) in [5, 5.41) is 14.6. The van der Waals surface area contributed by atoms with Gasteiger partial charge in [0.15, 0.2) is 0 Å². The molecule has 0 bridgehead atoms. The molecule has 1 heterocycles. The van der Waals surface area contributed by atoms with Crippen LogP contribution >= 0.6 is 0 Å². The van der Waals surface area contributed by atoms with Crippen molar-refractivity contribution < 1.29 is 9.72 Å². The second-order valence-electron chi connectivity index (χ2n) is 7.47. The van der Waals surface area contributed by atoms with Gasteiger partial charge in [-0.15, -0.1) is 0 Å².